The average Bonchev–Trinajstić information content (AvgIpc) is 2.65. The number of rotatable bonds is 4. The first-order valence-corrected chi connectivity index (χ1v) is 5.69. The highest BCUT2D eigenvalue weighted by atomic mass is 32.1. The number of nitrogens with one attached hydrogen (secondary N) is 1. The van der Waals surface area contributed by atoms with Gasteiger partial charge in [-0.05, 0) is 24.4 Å². The van der Waals surface area contributed by atoms with Crippen LogP contribution in [0.1, 0.15) is 24.8 Å². The van der Waals surface area contributed by atoms with Gasteiger partial charge in [-0.25, -0.2) is 0 Å². The fraction of sp³-hybridized carbons (Fsp3) is 0.545. The summed E-state index contributed by atoms with van der Waals surface area (Å²) in [6.45, 7) is 4.18. The first kappa shape index (κ1) is 11.2. The molecule has 3 heteroatoms. The maximum absolute atomic E-state index is 9.11. The molecule has 0 radical (unpaired) electrons. The van der Waals surface area contributed by atoms with Gasteiger partial charge >= 0.3 is 0 Å². The van der Waals surface area contributed by atoms with Gasteiger partial charge in [0.25, 0.3) is 0 Å². The predicted octanol–water partition coefficient (Wildman–Crippen LogP) is 2.80. The molecule has 1 aromatic heterocycles. The summed E-state index contributed by atoms with van der Waals surface area (Å²) in [5, 5.41) is 14.4. The summed E-state index contributed by atoms with van der Waals surface area (Å²) in [5.74, 6) is 0.415. The third-order valence-corrected chi connectivity index (χ3v) is 3.34. The molecule has 2 unspecified atom stereocenters. The van der Waals surface area contributed by atoms with E-state index in [0.717, 1.165) is 0 Å². The van der Waals surface area contributed by atoms with Gasteiger partial charge in [0.2, 0.25) is 0 Å². The Hall–Kier alpha value is -0.850. The van der Waals surface area contributed by atoms with E-state index in [9.17, 15) is 0 Å². The summed E-state index contributed by atoms with van der Waals surface area (Å²) in [6.07, 6.45) is 0. The van der Waals surface area contributed by atoms with Gasteiger partial charge in [0, 0.05) is 4.88 Å². The molecule has 76 valence electrons. The predicted molar refractivity (Wildman–Crippen MR) is 60.1 cm³/mol. The molecule has 0 bridgehead atoms. The van der Waals surface area contributed by atoms with Crippen molar-refractivity contribution in [3.8, 4) is 6.07 Å². The summed E-state index contributed by atoms with van der Waals surface area (Å²) in [6, 6.07) is 6.66. The average molecular weight is 208 g/mol. The zero-order valence-corrected chi connectivity index (χ0v) is 9.64. The zero-order chi connectivity index (χ0) is 10.6. The van der Waals surface area contributed by atoms with Crippen LogP contribution in [0, 0.1) is 23.2 Å². The van der Waals surface area contributed by atoms with Crippen molar-refractivity contribution in [1.29, 1.82) is 5.26 Å². The number of hydrogen-bond donors (Lipinski definition) is 1. The minimum atomic E-state index is 0.0404. The van der Waals surface area contributed by atoms with Crippen LogP contribution < -0.4 is 5.32 Å². The van der Waals surface area contributed by atoms with Crippen molar-refractivity contribution in [3.05, 3.63) is 22.4 Å². The van der Waals surface area contributed by atoms with E-state index in [4.69, 9.17) is 5.26 Å². The SMILES string of the molecule is CNC(c1cccs1)C(C#N)C(C)C. The van der Waals surface area contributed by atoms with Gasteiger partial charge in [-0.15, -0.1) is 11.3 Å². The lowest BCUT2D eigenvalue weighted by molar-refractivity contribution is 0.367. The number of nitriles is 1. The van der Waals surface area contributed by atoms with Gasteiger partial charge in [0.1, 0.15) is 0 Å². The summed E-state index contributed by atoms with van der Waals surface area (Å²) < 4.78 is 0. The molecule has 0 aliphatic heterocycles. The van der Waals surface area contributed by atoms with Gasteiger partial charge in [0.05, 0.1) is 18.0 Å². The molecular weight excluding hydrogens is 192 g/mol. The molecule has 0 spiro atoms. The second-order valence-corrected chi connectivity index (χ2v) is 4.66. The van der Waals surface area contributed by atoms with Gasteiger partial charge < -0.3 is 5.32 Å². The van der Waals surface area contributed by atoms with Crippen LogP contribution >= 0.6 is 11.3 Å². The molecule has 0 amide bonds. The highest BCUT2D eigenvalue weighted by molar-refractivity contribution is 7.10. The van der Waals surface area contributed by atoms with Crippen LogP contribution in [0.3, 0.4) is 0 Å². The molecule has 1 N–H and O–H groups in total. The smallest absolute Gasteiger partial charge is 0.0689 e. The number of nitrogens with zero attached hydrogens (tertiary/aromatic N) is 1. The van der Waals surface area contributed by atoms with Crippen LogP contribution in [0.25, 0.3) is 0 Å². The highest BCUT2D eigenvalue weighted by Crippen LogP contribution is 2.29. The molecule has 1 aromatic rings. The van der Waals surface area contributed by atoms with Crippen molar-refractivity contribution in [2.24, 2.45) is 11.8 Å². The van der Waals surface area contributed by atoms with Gasteiger partial charge in [-0.2, -0.15) is 5.26 Å². The second-order valence-electron chi connectivity index (χ2n) is 3.68. The molecule has 1 heterocycles. The monoisotopic (exact) mass is 208 g/mol. The first-order chi connectivity index (χ1) is 6.70. The van der Waals surface area contributed by atoms with Crippen molar-refractivity contribution in [3.63, 3.8) is 0 Å². The zero-order valence-electron chi connectivity index (χ0n) is 8.82. The highest BCUT2D eigenvalue weighted by Gasteiger charge is 2.24. The third kappa shape index (κ3) is 2.34. The molecule has 0 aliphatic rings. The quantitative estimate of drug-likeness (QED) is 0.826. The molecular formula is C11H16N2S. The fourth-order valence-corrected chi connectivity index (χ4v) is 2.46. The van der Waals surface area contributed by atoms with E-state index in [1.165, 1.54) is 4.88 Å². The minimum Gasteiger partial charge on any atom is -0.311 e. The molecule has 2 atom stereocenters. The van der Waals surface area contributed by atoms with Crippen molar-refractivity contribution in [2.45, 2.75) is 19.9 Å². The second kappa shape index (κ2) is 5.14. The van der Waals surface area contributed by atoms with Crippen LogP contribution in [0.15, 0.2) is 17.5 Å². The van der Waals surface area contributed by atoms with Crippen LogP contribution in [0.4, 0.5) is 0 Å². The summed E-state index contributed by atoms with van der Waals surface area (Å²) >= 11 is 1.70. The van der Waals surface area contributed by atoms with Crippen molar-refractivity contribution in [1.82, 2.24) is 5.32 Å². The van der Waals surface area contributed by atoms with E-state index < -0.39 is 0 Å². The van der Waals surface area contributed by atoms with Crippen LogP contribution in [-0.4, -0.2) is 7.05 Å². The molecule has 0 aromatic carbocycles. The first-order valence-electron chi connectivity index (χ1n) is 4.81. The van der Waals surface area contributed by atoms with Gasteiger partial charge in [-0.1, -0.05) is 19.9 Å². The lowest BCUT2D eigenvalue weighted by Crippen LogP contribution is -2.26. The minimum absolute atomic E-state index is 0.0404. The molecule has 14 heavy (non-hydrogen) atoms. The van der Waals surface area contributed by atoms with Crippen LogP contribution in [0.5, 0.6) is 0 Å². The molecule has 0 saturated heterocycles. The van der Waals surface area contributed by atoms with Crippen LogP contribution in [-0.2, 0) is 0 Å². The Labute approximate surface area is 89.6 Å². The summed E-state index contributed by atoms with van der Waals surface area (Å²) in [7, 11) is 1.91. The number of hydrogen-bond acceptors (Lipinski definition) is 3. The van der Waals surface area contributed by atoms with Gasteiger partial charge in [0.15, 0.2) is 0 Å². The van der Waals surface area contributed by atoms with E-state index in [1.54, 1.807) is 11.3 Å². The Kier molecular flexibility index (Phi) is 4.12. The van der Waals surface area contributed by atoms with E-state index in [1.807, 2.05) is 13.1 Å². The molecule has 0 saturated carbocycles. The molecule has 0 aliphatic carbocycles. The third-order valence-electron chi connectivity index (χ3n) is 2.39. The Balaban J connectivity index is 2.86. The lowest BCUT2D eigenvalue weighted by atomic mass is 9.89. The van der Waals surface area contributed by atoms with Gasteiger partial charge in [-0.3, -0.25) is 0 Å². The maximum Gasteiger partial charge on any atom is 0.0689 e. The lowest BCUT2D eigenvalue weighted by Gasteiger charge is -2.23. The normalized spacial score (nSPS) is 15.1. The summed E-state index contributed by atoms with van der Waals surface area (Å²) in [4.78, 5) is 1.24. The van der Waals surface area contributed by atoms with Crippen molar-refractivity contribution >= 4 is 11.3 Å². The Morgan fingerprint density at radius 1 is 1.50 bits per heavy atom. The standard InChI is InChI=1S/C11H16N2S/c1-8(2)9(7-12)11(13-3)10-5-4-6-14-10/h4-6,8-9,11,13H,1-3H3. The van der Waals surface area contributed by atoms with Crippen molar-refractivity contribution < 1.29 is 0 Å². The van der Waals surface area contributed by atoms with E-state index in [2.05, 4.69) is 36.7 Å². The fourth-order valence-electron chi connectivity index (χ4n) is 1.58. The molecule has 0 fully saturated rings. The van der Waals surface area contributed by atoms with E-state index in [-0.39, 0.29) is 12.0 Å². The number of thiophene rings is 1. The Morgan fingerprint density at radius 2 is 2.21 bits per heavy atom. The van der Waals surface area contributed by atoms with E-state index in [0.29, 0.717) is 5.92 Å². The molecule has 2 nitrogen and oxygen atoms in total. The maximum atomic E-state index is 9.11. The topological polar surface area (TPSA) is 35.8 Å². The Morgan fingerprint density at radius 3 is 2.57 bits per heavy atom. The van der Waals surface area contributed by atoms with E-state index >= 15 is 0 Å². The summed E-state index contributed by atoms with van der Waals surface area (Å²) in [5.41, 5.74) is 0. The van der Waals surface area contributed by atoms with Crippen molar-refractivity contribution in [2.75, 3.05) is 7.05 Å². The van der Waals surface area contributed by atoms with Crippen LogP contribution in [0.2, 0.25) is 0 Å². The largest absolute Gasteiger partial charge is 0.311 e. The molecule has 1 rings (SSSR count). The Bertz CT molecular complexity index is 298.